The Morgan fingerprint density at radius 2 is 1.38 bits per heavy atom. The molecular formula is C24H17FO3S. The maximum atomic E-state index is 13.2. The molecule has 0 aromatic heterocycles. The molecule has 29 heavy (non-hydrogen) atoms. The fourth-order valence-electron chi connectivity index (χ4n) is 3.33. The van der Waals surface area contributed by atoms with Crippen LogP contribution in [0.15, 0.2) is 94.7 Å². The monoisotopic (exact) mass is 404 g/mol. The second kappa shape index (κ2) is 7.26. The van der Waals surface area contributed by atoms with E-state index < -0.39 is 9.84 Å². The molecule has 0 atom stereocenters. The van der Waals surface area contributed by atoms with Gasteiger partial charge >= 0.3 is 0 Å². The van der Waals surface area contributed by atoms with Crippen molar-refractivity contribution in [3.05, 3.63) is 96.3 Å². The predicted octanol–water partition coefficient (Wildman–Crippen LogP) is 5.68. The lowest BCUT2D eigenvalue weighted by atomic mass is 10.0. The molecule has 0 unspecified atom stereocenters. The van der Waals surface area contributed by atoms with Crippen LogP contribution < -0.4 is 0 Å². The number of carbonyl (C=O) groups is 1. The molecule has 0 saturated carbocycles. The number of Topliss-reactive ketones (excluding diaryl/α,β-unsaturated/α-hetero) is 1. The zero-order valence-electron chi connectivity index (χ0n) is 15.6. The van der Waals surface area contributed by atoms with Gasteiger partial charge in [-0.3, -0.25) is 4.79 Å². The van der Waals surface area contributed by atoms with Gasteiger partial charge in [-0.05, 0) is 65.2 Å². The lowest BCUT2D eigenvalue weighted by Gasteiger charge is -2.10. The molecule has 0 aliphatic rings. The van der Waals surface area contributed by atoms with E-state index in [1.165, 1.54) is 31.2 Å². The van der Waals surface area contributed by atoms with Gasteiger partial charge in [-0.25, -0.2) is 12.8 Å². The molecule has 0 heterocycles. The molecule has 0 fully saturated rings. The first-order valence-corrected chi connectivity index (χ1v) is 10.5. The van der Waals surface area contributed by atoms with Gasteiger partial charge < -0.3 is 0 Å². The fourth-order valence-corrected chi connectivity index (χ4v) is 4.87. The van der Waals surface area contributed by atoms with Crippen molar-refractivity contribution in [2.75, 3.05) is 0 Å². The van der Waals surface area contributed by atoms with Gasteiger partial charge in [-0.2, -0.15) is 0 Å². The Bertz CT molecular complexity index is 1340. The average molecular weight is 404 g/mol. The van der Waals surface area contributed by atoms with E-state index in [1.807, 2.05) is 18.2 Å². The van der Waals surface area contributed by atoms with E-state index in [-0.39, 0.29) is 27.0 Å². The Morgan fingerprint density at radius 1 is 0.759 bits per heavy atom. The zero-order valence-corrected chi connectivity index (χ0v) is 16.4. The number of benzene rings is 4. The summed E-state index contributed by atoms with van der Waals surface area (Å²) in [5.74, 6) is -0.593. The number of hydrogen-bond donors (Lipinski definition) is 0. The van der Waals surface area contributed by atoms with E-state index in [4.69, 9.17) is 0 Å². The average Bonchev–Trinajstić information content (AvgIpc) is 2.73. The summed E-state index contributed by atoms with van der Waals surface area (Å²) in [6.07, 6.45) is 0. The van der Waals surface area contributed by atoms with Gasteiger partial charge in [0, 0.05) is 5.56 Å². The molecule has 0 saturated heterocycles. The highest BCUT2D eigenvalue weighted by Crippen LogP contribution is 2.30. The van der Waals surface area contributed by atoms with E-state index in [1.54, 1.807) is 42.5 Å². The van der Waals surface area contributed by atoms with E-state index in [2.05, 4.69) is 0 Å². The third-order valence-corrected chi connectivity index (χ3v) is 6.66. The van der Waals surface area contributed by atoms with Gasteiger partial charge in [0.25, 0.3) is 0 Å². The van der Waals surface area contributed by atoms with Crippen molar-refractivity contribution in [2.45, 2.75) is 16.7 Å². The molecule has 0 amide bonds. The molecule has 0 bridgehead atoms. The van der Waals surface area contributed by atoms with Gasteiger partial charge in [0.1, 0.15) is 5.82 Å². The van der Waals surface area contributed by atoms with Crippen molar-refractivity contribution in [2.24, 2.45) is 0 Å². The molecule has 4 rings (SSSR count). The minimum atomic E-state index is -3.84. The van der Waals surface area contributed by atoms with E-state index in [0.717, 1.165) is 21.9 Å². The molecule has 144 valence electrons. The van der Waals surface area contributed by atoms with Crippen molar-refractivity contribution in [3.63, 3.8) is 0 Å². The molecule has 0 N–H and O–H groups in total. The zero-order chi connectivity index (χ0) is 20.6. The standard InChI is InChI=1S/C24H17FO3S/c1-16(26)23-4-2-3-5-24(23)29(27,28)22-13-10-19-14-18(6-7-20(19)15-22)17-8-11-21(25)12-9-17/h2-15H,1H3. The Balaban J connectivity index is 1.79. The number of halogens is 1. The third-order valence-electron chi connectivity index (χ3n) is 4.86. The van der Waals surface area contributed by atoms with E-state index >= 15 is 0 Å². The number of hydrogen-bond acceptors (Lipinski definition) is 3. The van der Waals surface area contributed by atoms with Crippen LogP contribution in [0.2, 0.25) is 0 Å². The normalized spacial score (nSPS) is 11.5. The van der Waals surface area contributed by atoms with Gasteiger partial charge in [0.05, 0.1) is 9.79 Å². The lowest BCUT2D eigenvalue weighted by molar-refractivity contribution is 0.101. The Hall–Kier alpha value is -3.31. The minimum absolute atomic E-state index is 0.00906. The van der Waals surface area contributed by atoms with Crippen molar-refractivity contribution in [1.82, 2.24) is 0 Å². The maximum Gasteiger partial charge on any atom is 0.207 e. The van der Waals surface area contributed by atoms with Gasteiger partial charge in [0.2, 0.25) is 9.84 Å². The number of ketones is 1. The van der Waals surface area contributed by atoms with Crippen molar-refractivity contribution < 1.29 is 17.6 Å². The molecular weight excluding hydrogens is 387 g/mol. The summed E-state index contributed by atoms with van der Waals surface area (Å²) in [5.41, 5.74) is 1.97. The molecule has 5 heteroatoms. The summed E-state index contributed by atoms with van der Waals surface area (Å²) in [5, 5.41) is 1.63. The molecule has 0 aliphatic heterocycles. The summed E-state index contributed by atoms with van der Waals surface area (Å²) < 4.78 is 39.4. The first-order valence-electron chi connectivity index (χ1n) is 9.01. The van der Waals surface area contributed by atoms with Crippen LogP contribution in [0.3, 0.4) is 0 Å². The smallest absolute Gasteiger partial charge is 0.207 e. The van der Waals surface area contributed by atoms with Crippen LogP contribution in [0, 0.1) is 5.82 Å². The molecule has 4 aromatic carbocycles. The molecule has 0 spiro atoms. The van der Waals surface area contributed by atoms with Crippen LogP contribution in [0.4, 0.5) is 4.39 Å². The SMILES string of the molecule is CC(=O)c1ccccc1S(=O)(=O)c1ccc2cc(-c3ccc(F)cc3)ccc2c1. The lowest BCUT2D eigenvalue weighted by Crippen LogP contribution is -2.08. The van der Waals surface area contributed by atoms with Gasteiger partial charge in [0.15, 0.2) is 5.78 Å². The minimum Gasteiger partial charge on any atom is -0.294 e. The Kier molecular flexibility index (Phi) is 4.76. The second-order valence-electron chi connectivity index (χ2n) is 6.79. The summed E-state index contributed by atoms with van der Waals surface area (Å²) in [6.45, 7) is 1.35. The Morgan fingerprint density at radius 3 is 2.10 bits per heavy atom. The quantitative estimate of drug-likeness (QED) is 0.411. The third kappa shape index (κ3) is 3.57. The molecule has 0 radical (unpaired) electrons. The second-order valence-corrected chi connectivity index (χ2v) is 8.70. The van der Waals surface area contributed by atoms with Gasteiger partial charge in [-0.1, -0.05) is 48.5 Å². The summed E-state index contributed by atoms with van der Waals surface area (Å²) in [6, 6.07) is 23.0. The largest absolute Gasteiger partial charge is 0.294 e. The van der Waals surface area contributed by atoms with Crippen molar-refractivity contribution in [1.29, 1.82) is 0 Å². The summed E-state index contributed by atoms with van der Waals surface area (Å²) in [7, 11) is -3.84. The Labute approximate surface area is 168 Å². The number of fused-ring (bicyclic) bond motifs is 1. The van der Waals surface area contributed by atoms with Crippen LogP contribution in [0.25, 0.3) is 21.9 Å². The predicted molar refractivity (Wildman–Crippen MR) is 111 cm³/mol. The summed E-state index contributed by atoms with van der Waals surface area (Å²) >= 11 is 0. The highest BCUT2D eigenvalue weighted by molar-refractivity contribution is 7.91. The van der Waals surface area contributed by atoms with Crippen LogP contribution in [0.1, 0.15) is 17.3 Å². The number of rotatable bonds is 4. The molecule has 3 nitrogen and oxygen atoms in total. The van der Waals surface area contributed by atoms with Crippen molar-refractivity contribution >= 4 is 26.4 Å². The highest BCUT2D eigenvalue weighted by atomic mass is 32.2. The topological polar surface area (TPSA) is 51.2 Å². The summed E-state index contributed by atoms with van der Waals surface area (Å²) in [4.78, 5) is 12.0. The molecule has 4 aromatic rings. The van der Waals surface area contributed by atoms with Crippen LogP contribution in [0.5, 0.6) is 0 Å². The molecule has 0 aliphatic carbocycles. The van der Waals surface area contributed by atoms with Crippen LogP contribution >= 0.6 is 0 Å². The van der Waals surface area contributed by atoms with E-state index in [0.29, 0.717) is 0 Å². The first kappa shape index (κ1) is 19.0. The number of sulfone groups is 1. The van der Waals surface area contributed by atoms with Crippen LogP contribution in [-0.2, 0) is 9.84 Å². The maximum absolute atomic E-state index is 13.2. The fraction of sp³-hybridized carbons (Fsp3) is 0.0417. The van der Waals surface area contributed by atoms with E-state index in [9.17, 15) is 17.6 Å². The van der Waals surface area contributed by atoms with Gasteiger partial charge in [-0.15, -0.1) is 0 Å². The highest BCUT2D eigenvalue weighted by Gasteiger charge is 2.23. The first-order chi connectivity index (χ1) is 13.9. The number of carbonyl (C=O) groups excluding carboxylic acids is 1. The van der Waals surface area contributed by atoms with Crippen LogP contribution in [-0.4, -0.2) is 14.2 Å². The van der Waals surface area contributed by atoms with Crippen molar-refractivity contribution in [3.8, 4) is 11.1 Å².